The first-order chi connectivity index (χ1) is 16.8. The Morgan fingerprint density at radius 2 is 1.58 bits per heavy atom. The van der Waals surface area contributed by atoms with Gasteiger partial charge in [-0.15, -0.1) is 0 Å². The summed E-state index contributed by atoms with van der Waals surface area (Å²) in [5.41, 5.74) is 0.489. The minimum atomic E-state index is -3.96. The zero-order valence-corrected chi connectivity index (χ0v) is 24.2. The summed E-state index contributed by atoms with van der Waals surface area (Å²) in [7, 11) is -3.96. The second-order valence-electron chi connectivity index (χ2n) is 8.33. The van der Waals surface area contributed by atoms with Crippen LogP contribution in [0.25, 0.3) is 0 Å². The molecular formula is C24H29Cl4N3O4S. The topological polar surface area (TPSA) is 86.8 Å². The molecule has 0 radical (unpaired) electrons. The van der Waals surface area contributed by atoms with Gasteiger partial charge in [0.2, 0.25) is 21.8 Å². The molecule has 2 aromatic carbocycles. The van der Waals surface area contributed by atoms with Crippen molar-refractivity contribution in [1.82, 2.24) is 10.2 Å². The van der Waals surface area contributed by atoms with Crippen molar-refractivity contribution in [3.63, 3.8) is 0 Å². The largest absolute Gasteiger partial charge is 0.352 e. The van der Waals surface area contributed by atoms with Crippen LogP contribution in [0.3, 0.4) is 0 Å². The Bertz CT molecular complexity index is 1190. The van der Waals surface area contributed by atoms with Crippen LogP contribution in [-0.2, 0) is 26.2 Å². The van der Waals surface area contributed by atoms with Crippen LogP contribution < -0.4 is 9.62 Å². The molecule has 2 atom stereocenters. The third-order valence-electron chi connectivity index (χ3n) is 5.63. The molecule has 0 spiro atoms. The van der Waals surface area contributed by atoms with Crippen molar-refractivity contribution >= 4 is 73.9 Å². The van der Waals surface area contributed by atoms with E-state index >= 15 is 0 Å². The first-order valence-electron chi connectivity index (χ1n) is 11.3. The second-order valence-corrected chi connectivity index (χ2v) is 11.9. The number of benzene rings is 2. The predicted octanol–water partition coefficient (Wildman–Crippen LogP) is 5.79. The fraction of sp³-hybridized carbons (Fsp3) is 0.417. The Morgan fingerprint density at radius 3 is 2.11 bits per heavy atom. The quantitative estimate of drug-likeness (QED) is 0.356. The van der Waals surface area contributed by atoms with Crippen LogP contribution >= 0.6 is 46.4 Å². The van der Waals surface area contributed by atoms with Gasteiger partial charge < -0.3 is 10.2 Å². The summed E-state index contributed by atoms with van der Waals surface area (Å²) in [5, 5.41) is 3.87. The van der Waals surface area contributed by atoms with E-state index in [1.54, 1.807) is 25.1 Å². The van der Waals surface area contributed by atoms with Crippen molar-refractivity contribution in [2.24, 2.45) is 0 Å². The number of nitrogens with zero attached hydrogens (tertiary/aromatic N) is 2. The number of carbonyl (C=O) groups is 2. The van der Waals surface area contributed by atoms with Crippen LogP contribution in [0, 0.1) is 0 Å². The molecule has 0 aliphatic rings. The fourth-order valence-corrected chi connectivity index (χ4v) is 5.29. The van der Waals surface area contributed by atoms with Crippen molar-refractivity contribution in [1.29, 1.82) is 0 Å². The number of hydrogen-bond donors (Lipinski definition) is 1. The number of amides is 2. The molecular weight excluding hydrogens is 568 g/mol. The lowest BCUT2D eigenvalue weighted by atomic mass is 10.1. The molecule has 2 amide bonds. The summed E-state index contributed by atoms with van der Waals surface area (Å²) in [6, 6.07) is 8.20. The Balaban J connectivity index is 2.55. The SMILES string of the molecule is CC[C@H](C)NC(=O)[C@H](CC)N(Cc1c(Cl)cccc1Cl)C(=O)CN(c1cc(Cl)ccc1Cl)S(C)(=O)=O. The van der Waals surface area contributed by atoms with Crippen LogP contribution in [0.1, 0.15) is 39.2 Å². The Labute approximate surface area is 232 Å². The van der Waals surface area contributed by atoms with Gasteiger partial charge in [0.15, 0.2) is 0 Å². The third kappa shape index (κ3) is 7.89. The molecule has 198 valence electrons. The maximum Gasteiger partial charge on any atom is 0.244 e. The minimum absolute atomic E-state index is 0.0489. The van der Waals surface area contributed by atoms with E-state index < -0.39 is 28.5 Å². The molecule has 0 heterocycles. The first kappa shape index (κ1) is 30.5. The van der Waals surface area contributed by atoms with Gasteiger partial charge in [-0.1, -0.05) is 66.3 Å². The van der Waals surface area contributed by atoms with Crippen LogP contribution in [0.15, 0.2) is 36.4 Å². The van der Waals surface area contributed by atoms with Gasteiger partial charge in [-0.3, -0.25) is 13.9 Å². The molecule has 0 aliphatic carbocycles. The average molecular weight is 597 g/mol. The number of nitrogens with one attached hydrogen (secondary N) is 1. The highest BCUT2D eigenvalue weighted by molar-refractivity contribution is 7.92. The molecule has 2 rings (SSSR count). The van der Waals surface area contributed by atoms with Crippen molar-refractivity contribution in [3.8, 4) is 0 Å². The molecule has 0 saturated carbocycles. The summed E-state index contributed by atoms with van der Waals surface area (Å²) in [5.74, 6) is -1.01. The Morgan fingerprint density at radius 1 is 0.972 bits per heavy atom. The number of carbonyl (C=O) groups excluding carboxylic acids is 2. The smallest absolute Gasteiger partial charge is 0.244 e. The van der Waals surface area contributed by atoms with E-state index in [0.29, 0.717) is 22.0 Å². The zero-order chi connectivity index (χ0) is 27.2. The summed E-state index contributed by atoms with van der Waals surface area (Å²) in [6.07, 6.45) is 1.92. The number of anilines is 1. The third-order valence-corrected chi connectivity index (χ3v) is 8.02. The van der Waals surface area contributed by atoms with Crippen LogP contribution in [-0.4, -0.2) is 50.0 Å². The summed E-state index contributed by atoms with van der Waals surface area (Å²) < 4.78 is 26.3. The predicted molar refractivity (Wildman–Crippen MR) is 148 cm³/mol. The molecule has 0 saturated heterocycles. The molecule has 0 unspecified atom stereocenters. The van der Waals surface area contributed by atoms with Gasteiger partial charge in [-0.05, 0) is 50.1 Å². The molecule has 7 nitrogen and oxygen atoms in total. The number of sulfonamides is 1. The van der Waals surface area contributed by atoms with E-state index in [9.17, 15) is 18.0 Å². The number of halogens is 4. The summed E-state index contributed by atoms with van der Waals surface area (Å²) >= 11 is 25.1. The molecule has 2 aromatic rings. The summed E-state index contributed by atoms with van der Waals surface area (Å²) in [6.45, 7) is 4.82. The van der Waals surface area contributed by atoms with E-state index in [0.717, 1.165) is 10.6 Å². The van der Waals surface area contributed by atoms with Gasteiger partial charge >= 0.3 is 0 Å². The van der Waals surface area contributed by atoms with E-state index in [-0.39, 0.29) is 40.6 Å². The molecule has 1 N–H and O–H groups in total. The van der Waals surface area contributed by atoms with Gasteiger partial charge in [0.05, 0.1) is 17.0 Å². The first-order valence-corrected chi connectivity index (χ1v) is 14.6. The lowest BCUT2D eigenvalue weighted by molar-refractivity contribution is -0.140. The molecule has 0 bridgehead atoms. The van der Waals surface area contributed by atoms with E-state index in [2.05, 4.69) is 5.32 Å². The van der Waals surface area contributed by atoms with Crippen molar-refractivity contribution in [2.45, 2.75) is 52.2 Å². The highest BCUT2D eigenvalue weighted by Crippen LogP contribution is 2.32. The van der Waals surface area contributed by atoms with Crippen molar-refractivity contribution in [3.05, 3.63) is 62.1 Å². The van der Waals surface area contributed by atoms with E-state index in [4.69, 9.17) is 46.4 Å². The van der Waals surface area contributed by atoms with Crippen LogP contribution in [0.4, 0.5) is 5.69 Å². The van der Waals surface area contributed by atoms with Crippen LogP contribution in [0.5, 0.6) is 0 Å². The highest BCUT2D eigenvalue weighted by atomic mass is 35.5. The standard InChI is InChI=1S/C24H29Cl4N3O4S/c1-5-15(3)29-24(33)21(6-2)30(13-17-18(26)8-7-9-19(17)27)23(32)14-31(36(4,34)35)22-12-16(25)10-11-20(22)28/h7-12,15,21H,5-6,13-14H2,1-4H3,(H,29,33)/t15-,21-/m0/s1. The minimum Gasteiger partial charge on any atom is -0.352 e. The van der Waals surface area contributed by atoms with Crippen molar-refractivity contribution < 1.29 is 18.0 Å². The highest BCUT2D eigenvalue weighted by Gasteiger charge is 2.33. The van der Waals surface area contributed by atoms with E-state index in [1.165, 1.54) is 23.1 Å². The lowest BCUT2D eigenvalue weighted by Gasteiger charge is -2.34. The van der Waals surface area contributed by atoms with Gasteiger partial charge in [0, 0.05) is 33.2 Å². The van der Waals surface area contributed by atoms with Gasteiger partial charge in [-0.25, -0.2) is 8.42 Å². The Hall–Kier alpha value is -1.71. The zero-order valence-electron chi connectivity index (χ0n) is 20.4. The Kier molecular flexibility index (Phi) is 11.2. The van der Waals surface area contributed by atoms with Crippen LogP contribution in [0.2, 0.25) is 20.1 Å². The molecule has 0 aromatic heterocycles. The molecule has 0 aliphatic heterocycles. The fourth-order valence-electron chi connectivity index (χ4n) is 3.49. The second kappa shape index (κ2) is 13.2. The maximum absolute atomic E-state index is 13.7. The molecule has 0 fully saturated rings. The van der Waals surface area contributed by atoms with E-state index in [1.807, 2.05) is 13.8 Å². The average Bonchev–Trinajstić information content (AvgIpc) is 2.79. The lowest BCUT2D eigenvalue weighted by Crippen LogP contribution is -2.53. The maximum atomic E-state index is 13.7. The molecule has 12 heteroatoms. The number of hydrogen-bond acceptors (Lipinski definition) is 4. The molecule has 36 heavy (non-hydrogen) atoms. The van der Waals surface area contributed by atoms with Gasteiger partial charge in [-0.2, -0.15) is 0 Å². The summed E-state index contributed by atoms with van der Waals surface area (Å²) in [4.78, 5) is 28.2. The number of rotatable bonds is 11. The normalized spacial score (nSPS) is 13.1. The van der Waals surface area contributed by atoms with Crippen molar-refractivity contribution in [2.75, 3.05) is 17.1 Å². The van der Waals surface area contributed by atoms with Gasteiger partial charge in [0.25, 0.3) is 0 Å². The monoisotopic (exact) mass is 595 g/mol. The van der Waals surface area contributed by atoms with Gasteiger partial charge in [0.1, 0.15) is 12.6 Å².